The minimum Gasteiger partial charge on any atom is -0.495 e. The molecule has 0 fully saturated rings. The van der Waals surface area contributed by atoms with Crippen molar-refractivity contribution in [3.8, 4) is 5.75 Å². The minimum atomic E-state index is -0.159. The first-order chi connectivity index (χ1) is 10.5. The number of halogens is 1. The Morgan fingerprint density at radius 2 is 2.09 bits per heavy atom. The van der Waals surface area contributed by atoms with E-state index in [-0.39, 0.29) is 35.9 Å². The summed E-state index contributed by atoms with van der Waals surface area (Å²) >= 11 is 0. The number of methoxy groups -OCH3 is 2. The monoisotopic (exact) mass is 436 g/mol. The highest BCUT2D eigenvalue weighted by molar-refractivity contribution is 14.0. The van der Waals surface area contributed by atoms with Crippen LogP contribution in [-0.2, 0) is 16.1 Å². The summed E-state index contributed by atoms with van der Waals surface area (Å²) in [7, 11) is 3.18. The zero-order chi connectivity index (χ0) is 16.5. The highest BCUT2D eigenvalue weighted by Gasteiger charge is 2.06. The summed E-state index contributed by atoms with van der Waals surface area (Å²) in [5.41, 5.74) is 7.34. The van der Waals surface area contributed by atoms with Crippen molar-refractivity contribution < 1.29 is 14.3 Å². The molecule has 4 N–H and O–H groups in total. The lowest BCUT2D eigenvalue weighted by molar-refractivity contribution is -0.114. The van der Waals surface area contributed by atoms with E-state index in [1.54, 1.807) is 20.3 Å². The number of carbonyl (C=O) groups is 1. The van der Waals surface area contributed by atoms with Crippen molar-refractivity contribution in [1.82, 2.24) is 5.32 Å². The van der Waals surface area contributed by atoms with Gasteiger partial charge < -0.3 is 25.8 Å². The van der Waals surface area contributed by atoms with Gasteiger partial charge in [-0.3, -0.25) is 4.79 Å². The molecular formula is C15H25IN4O3. The largest absolute Gasteiger partial charge is 0.495 e. The van der Waals surface area contributed by atoms with E-state index in [2.05, 4.69) is 15.6 Å². The predicted molar refractivity (Wildman–Crippen MR) is 103 cm³/mol. The van der Waals surface area contributed by atoms with E-state index in [4.69, 9.17) is 15.2 Å². The van der Waals surface area contributed by atoms with Crippen LogP contribution in [-0.4, -0.2) is 38.7 Å². The molecule has 1 rings (SSSR count). The number of nitrogens with one attached hydrogen (secondary N) is 2. The van der Waals surface area contributed by atoms with E-state index in [9.17, 15) is 4.79 Å². The smallest absolute Gasteiger partial charge is 0.221 e. The van der Waals surface area contributed by atoms with Crippen molar-refractivity contribution in [1.29, 1.82) is 0 Å². The Morgan fingerprint density at radius 1 is 1.39 bits per heavy atom. The number of aliphatic imine (C=N–C) groups is 1. The van der Waals surface area contributed by atoms with Crippen LogP contribution in [0.3, 0.4) is 0 Å². The molecule has 0 saturated carbocycles. The highest BCUT2D eigenvalue weighted by Crippen LogP contribution is 2.25. The quantitative estimate of drug-likeness (QED) is 0.344. The van der Waals surface area contributed by atoms with Crippen LogP contribution in [0.25, 0.3) is 0 Å². The van der Waals surface area contributed by atoms with E-state index >= 15 is 0 Å². The summed E-state index contributed by atoms with van der Waals surface area (Å²) in [6.07, 6.45) is 0. The predicted octanol–water partition coefficient (Wildman–Crippen LogP) is 1.71. The second-order valence-electron chi connectivity index (χ2n) is 4.92. The van der Waals surface area contributed by atoms with Gasteiger partial charge in [0.15, 0.2) is 5.96 Å². The van der Waals surface area contributed by atoms with Crippen molar-refractivity contribution in [2.75, 3.05) is 26.1 Å². The molecule has 0 radical (unpaired) electrons. The average Bonchev–Trinajstić information content (AvgIpc) is 2.45. The van der Waals surface area contributed by atoms with Crippen LogP contribution < -0.4 is 21.1 Å². The number of rotatable bonds is 7. The van der Waals surface area contributed by atoms with Crippen molar-refractivity contribution in [3.05, 3.63) is 23.8 Å². The first-order valence-electron chi connectivity index (χ1n) is 6.96. The topological polar surface area (TPSA) is 98.0 Å². The Hall–Kier alpha value is -1.55. The van der Waals surface area contributed by atoms with Gasteiger partial charge in [-0.05, 0) is 24.6 Å². The summed E-state index contributed by atoms with van der Waals surface area (Å²) in [4.78, 5) is 15.5. The molecule has 1 amide bonds. The lowest BCUT2D eigenvalue weighted by Gasteiger charge is -2.13. The van der Waals surface area contributed by atoms with Crippen LogP contribution in [0.2, 0.25) is 0 Å². The number of benzene rings is 1. The third-order valence-electron chi connectivity index (χ3n) is 2.82. The van der Waals surface area contributed by atoms with Crippen molar-refractivity contribution in [3.63, 3.8) is 0 Å². The van der Waals surface area contributed by atoms with Gasteiger partial charge in [0.25, 0.3) is 0 Å². The molecule has 0 aromatic heterocycles. The molecule has 23 heavy (non-hydrogen) atoms. The van der Waals surface area contributed by atoms with Gasteiger partial charge in [0.2, 0.25) is 5.91 Å². The van der Waals surface area contributed by atoms with Gasteiger partial charge in [0.05, 0.1) is 25.9 Å². The van der Waals surface area contributed by atoms with Crippen LogP contribution in [0.5, 0.6) is 5.75 Å². The summed E-state index contributed by atoms with van der Waals surface area (Å²) in [5, 5.41) is 5.75. The Labute approximate surface area is 154 Å². The highest BCUT2D eigenvalue weighted by atomic mass is 127. The molecule has 0 bridgehead atoms. The van der Waals surface area contributed by atoms with Gasteiger partial charge in [0.1, 0.15) is 5.75 Å². The number of carbonyl (C=O) groups excluding carboxylic acids is 1. The van der Waals surface area contributed by atoms with Crippen LogP contribution in [0, 0.1) is 0 Å². The number of nitrogens with zero attached hydrogens (tertiary/aromatic N) is 1. The zero-order valence-electron chi connectivity index (χ0n) is 13.9. The van der Waals surface area contributed by atoms with Gasteiger partial charge in [-0.2, -0.15) is 0 Å². The van der Waals surface area contributed by atoms with Crippen molar-refractivity contribution >= 4 is 41.5 Å². The molecule has 1 aromatic carbocycles. The van der Waals surface area contributed by atoms with E-state index in [0.717, 1.165) is 5.56 Å². The number of guanidine groups is 1. The fourth-order valence-corrected chi connectivity index (χ4v) is 1.91. The molecule has 7 nitrogen and oxygen atoms in total. The molecular weight excluding hydrogens is 411 g/mol. The average molecular weight is 436 g/mol. The first kappa shape index (κ1) is 21.4. The van der Waals surface area contributed by atoms with E-state index in [1.165, 1.54) is 6.92 Å². The van der Waals surface area contributed by atoms with Crippen molar-refractivity contribution in [2.45, 2.75) is 26.4 Å². The molecule has 0 aliphatic rings. The molecule has 1 aromatic rings. The van der Waals surface area contributed by atoms with Gasteiger partial charge in [-0.15, -0.1) is 24.0 Å². The Kier molecular flexibility index (Phi) is 10.3. The van der Waals surface area contributed by atoms with Crippen LogP contribution in [0.4, 0.5) is 5.69 Å². The zero-order valence-corrected chi connectivity index (χ0v) is 16.2. The Bertz CT molecular complexity index is 537. The van der Waals surface area contributed by atoms with Gasteiger partial charge in [0, 0.05) is 20.1 Å². The molecule has 1 atom stereocenters. The maximum Gasteiger partial charge on any atom is 0.221 e. The second kappa shape index (κ2) is 11.1. The van der Waals surface area contributed by atoms with Crippen LogP contribution in [0.1, 0.15) is 19.4 Å². The van der Waals surface area contributed by atoms with E-state index < -0.39 is 0 Å². The third-order valence-corrected chi connectivity index (χ3v) is 2.82. The maximum absolute atomic E-state index is 11.2. The summed E-state index contributed by atoms with van der Waals surface area (Å²) in [6.45, 7) is 4.35. The molecule has 0 aliphatic heterocycles. The van der Waals surface area contributed by atoms with Gasteiger partial charge >= 0.3 is 0 Å². The SMILES string of the molecule is COCC(C)NC(N)=NCc1ccc(OC)c(NC(C)=O)c1.I. The minimum absolute atomic E-state index is 0. The number of nitrogens with two attached hydrogens (primary N) is 1. The van der Waals surface area contributed by atoms with Crippen LogP contribution in [0.15, 0.2) is 23.2 Å². The number of anilines is 1. The molecule has 0 spiro atoms. The molecule has 0 heterocycles. The molecule has 130 valence electrons. The Morgan fingerprint density at radius 3 is 2.65 bits per heavy atom. The van der Waals surface area contributed by atoms with E-state index in [0.29, 0.717) is 30.5 Å². The molecule has 8 heteroatoms. The van der Waals surface area contributed by atoms with Gasteiger partial charge in [-0.25, -0.2) is 4.99 Å². The second-order valence-corrected chi connectivity index (χ2v) is 4.92. The fourth-order valence-electron chi connectivity index (χ4n) is 1.91. The molecule has 0 aliphatic carbocycles. The Balaban J connectivity index is 0.00000484. The van der Waals surface area contributed by atoms with Crippen LogP contribution >= 0.6 is 24.0 Å². The summed E-state index contributed by atoms with van der Waals surface area (Å²) < 4.78 is 10.2. The van der Waals surface area contributed by atoms with Crippen molar-refractivity contribution in [2.24, 2.45) is 10.7 Å². The number of hydrogen-bond acceptors (Lipinski definition) is 4. The number of ether oxygens (including phenoxy) is 2. The lowest BCUT2D eigenvalue weighted by Crippen LogP contribution is -2.40. The van der Waals surface area contributed by atoms with E-state index in [1.807, 2.05) is 19.1 Å². The normalized spacial score (nSPS) is 12.1. The fraction of sp³-hybridized carbons (Fsp3) is 0.467. The third kappa shape index (κ3) is 8.03. The summed E-state index contributed by atoms with van der Waals surface area (Å²) in [5.74, 6) is 0.790. The lowest BCUT2D eigenvalue weighted by atomic mass is 10.2. The van der Waals surface area contributed by atoms with Gasteiger partial charge in [-0.1, -0.05) is 6.07 Å². The first-order valence-corrected chi connectivity index (χ1v) is 6.96. The number of hydrogen-bond donors (Lipinski definition) is 3. The summed E-state index contributed by atoms with van der Waals surface area (Å²) in [6, 6.07) is 5.56. The number of amides is 1. The molecule has 0 saturated heterocycles. The molecule has 1 unspecified atom stereocenters. The maximum atomic E-state index is 11.2. The standard InChI is InChI=1S/C15H24N4O3.HI/c1-10(9-21-3)18-15(16)17-8-12-5-6-14(22-4)13(7-12)19-11(2)20;/h5-7,10H,8-9H2,1-4H3,(H,19,20)(H3,16,17,18);1H.